The molecule has 0 aliphatic heterocycles. The minimum atomic E-state index is -0.879. The molecule has 0 spiro atoms. The highest BCUT2D eigenvalue weighted by molar-refractivity contribution is 5.95. The van der Waals surface area contributed by atoms with Crippen molar-refractivity contribution < 1.29 is 19.4 Å². The van der Waals surface area contributed by atoms with Crippen molar-refractivity contribution in [3.8, 4) is 5.69 Å². The molecule has 0 aliphatic carbocycles. The van der Waals surface area contributed by atoms with Crippen LogP contribution in [0.4, 0.5) is 0 Å². The fourth-order valence-corrected chi connectivity index (χ4v) is 2.17. The number of rotatable bonds is 8. The van der Waals surface area contributed by atoms with Crippen molar-refractivity contribution in [1.82, 2.24) is 15.1 Å². The molecule has 1 amide bonds. The van der Waals surface area contributed by atoms with Gasteiger partial charge in [0.25, 0.3) is 5.91 Å². The third-order valence-electron chi connectivity index (χ3n) is 3.25. The highest BCUT2D eigenvalue weighted by Crippen LogP contribution is 2.16. The zero-order chi connectivity index (χ0) is 16.7. The van der Waals surface area contributed by atoms with Crippen LogP contribution in [0.2, 0.25) is 0 Å². The summed E-state index contributed by atoms with van der Waals surface area (Å²) in [7, 11) is 1.55. The molecule has 1 aromatic heterocycles. The largest absolute Gasteiger partial charge is 0.481 e. The van der Waals surface area contributed by atoms with Crippen LogP contribution in [0.25, 0.3) is 5.69 Å². The summed E-state index contributed by atoms with van der Waals surface area (Å²) in [6, 6.07) is 9.46. The zero-order valence-electron chi connectivity index (χ0n) is 12.9. The second-order valence-electron chi connectivity index (χ2n) is 4.94. The lowest BCUT2D eigenvalue weighted by Crippen LogP contribution is -2.26. The van der Waals surface area contributed by atoms with Gasteiger partial charge in [-0.15, -0.1) is 0 Å². The molecule has 0 atom stereocenters. The fourth-order valence-electron chi connectivity index (χ4n) is 2.17. The van der Waals surface area contributed by atoms with E-state index in [0.717, 1.165) is 5.69 Å². The number of nitrogens with zero attached hydrogens (tertiary/aromatic N) is 2. The van der Waals surface area contributed by atoms with Gasteiger partial charge in [0.05, 0.1) is 29.7 Å². The van der Waals surface area contributed by atoms with Gasteiger partial charge >= 0.3 is 5.97 Å². The lowest BCUT2D eigenvalue weighted by atomic mass is 10.2. The molecular weight excluding hydrogens is 298 g/mol. The number of aromatic nitrogens is 2. The smallest absolute Gasteiger partial charge is 0.303 e. The number of amides is 1. The molecule has 2 rings (SSSR count). The summed E-state index contributed by atoms with van der Waals surface area (Å²) >= 11 is 0. The van der Waals surface area contributed by atoms with Gasteiger partial charge in [-0.05, 0) is 18.6 Å². The molecular formula is C16H19N3O4. The molecule has 23 heavy (non-hydrogen) atoms. The van der Waals surface area contributed by atoms with E-state index in [2.05, 4.69) is 10.4 Å². The van der Waals surface area contributed by atoms with Gasteiger partial charge in [0, 0.05) is 20.1 Å². The molecule has 1 aromatic carbocycles. The Kier molecular flexibility index (Phi) is 5.87. The minimum Gasteiger partial charge on any atom is -0.481 e. The van der Waals surface area contributed by atoms with Crippen LogP contribution in [0.3, 0.4) is 0 Å². The predicted molar refractivity (Wildman–Crippen MR) is 83.5 cm³/mol. The predicted octanol–water partition coefficient (Wildman–Crippen LogP) is 1.61. The molecule has 2 N–H and O–H groups in total. The molecule has 0 saturated carbocycles. The number of carboxylic acids is 1. The van der Waals surface area contributed by atoms with Crippen LogP contribution in [0, 0.1) is 0 Å². The maximum atomic E-state index is 12.3. The summed E-state index contributed by atoms with van der Waals surface area (Å²) in [5.41, 5.74) is 1.91. The lowest BCUT2D eigenvalue weighted by molar-refractivity contribution is -0.137. The van der Waals surface area contributed by atoms with E-state index < -0.39 is 5.97 Å². The topological polar surface area (TPSA) is 93.4 Å². The Hall–Kier alpha value is -2.67. The van der Waals surface area contributed by atoms with Crippen molar-refractivity contribution in [3.63, 3.8) is 0 Å². The maximum absolute atomic E-state index is 12.3. The number of carbonyl (C=O) groups excluding carboxylic acids is 1. The molecule has 2 aromatic rings. The van der Waals surface area contributed by atoms with Crippen molar-refractivity contribution in [2.75, 3.05) is 13.7 Å². The molecule has 0 unspecified atom stereocenters. The number of hydrogen-bond donors (Lipinski definition) is 2. The summed E-state index contributed by atoms with van der Waals surface area (Å²) in [4.78, 5) is 22.7. The monoisotopic (exact) mass is 317 g/mol. The van der Waals surface area contributed by atoms with E-state index in [1.165, 1.54) is 6.20 Å². The summed E-state index contributed by atoms with van der Waals surface area (Å²) in [5.74, 6) is -1.17. The standard InChI is InChI=1S/C16H19N3O4/c1-23-11-14-13(16(22)17-9-5-8-15(20)21)10-18-19(14)12-6-3-2-4-7-12/h2-4,6-7,10H,5,8-9,11H2,1H3,(H,17,22)(H,20,21). The summed E-state index contributed by atoms with van der Waals surface area (Å²) in [5, 5.41) is 15.6. The molecule has 0 aliphatic rings. The van der Waals surface area contributed by atoms with Crippen LogP contribution < -0.4 is 5.32 Å². The number of aliphatic carboxylic acids is 1. The number of methoxy groups -OCH3 is 1. The van der Waals surface area contributed by atoms with Gasteiger partial charge in [0.1, 0.15) is 0 Å². The van der Waals surface area contributed by atoms with Crippen LogP contribution in [-0.2, 0) is 16.1 Å². The van der Waals surface area contributed by atoms with Gasteiger partial charge in [-0.2, -0.15) is 5.10 Å². The number of benzene rings is 1. The molecule has 7 nitrogen and oxygen atoms in total. The Balaban J connectivity index is 2.14. The summed E-state index contributed by atoms with van der Waals surface area (Å²) < 4.78 is 6.84. The maximum Gasteiger partial charge on any atom is 0.303 e. The van der Waals surface area contributed by atoms with Crippen LogP contribution in [0.15, 0.2) is 36.5 Å². The summed E-state index contributed by atoms with van der Waals surface area (Å²) in [6.45, 7) is 0.543. The average Bonchev–Trinajstić information content (AvgIpc) is 2.96. The first-order chi connectivity index (χ1) is 11.1. The van der Waals surface area contributed by atoms with Gasteiger partial charge in [-0.1, -0.05) is 18.2 Å². The van der Waals surface area contributed by atoms with E-state index >= 15 is 0 Å². The average molecular weight is 317 g/mol. The molecule has 0 saturated heterocycles. The third-order valence-corrected chi connectivity index (χ3v) is 3.25. The molecule has 0 radical (unpaired) electrons. The summed E-state index contributed by atoms with van der Waals surface area (Å²) in [6.07, 6.45) is 1.90. The van der Waals surface area contributed by atoms with Gasteiger partial charge in [0.15, 0.2) is 0 Å². The Morgan fingerprint density at radius 1 is 1.30 bits per heavy atom. The third kappa shape index (κ3) is 4.40. The van der Waals surface area contributed by atoms with Gasteiger partial charge in [-0.25, -0.2) is 4.68 Å². The minimum absolute atomic E-state index is 0.0223. The number of hydrogen-bond acceptors (Lipinski definition) is 4. The van der Waals surface area contributed by atoms with Gasteiger partial charge in [0.2, 0.25) is 0 Å². The molecule has 0 fully saturated rings. The zero-order valence-corrected chi connectivity index (χ0v) is 12.9. The normalized spacial score (nSPS) is 10.5. The van der Waals surface area contributed by atoms with E-state index in [1.54, 1.807) is 11.8 Å². The number of para-hydroxylation sites is 1. The van der Waals surface area contributed by atoms with E-state index in [4.69, 9.17) is 9.84 Å². The van der Waals surface area contributed by atoms with E-state index in [1.807, 2.05) is 30.3 Å². The number of ether oxygens (including phenoxy) is 1. The number of carboxylic acid groups (broad SMARTS) is 1. The second kappa shape index (κ2) is 8.09. The van der Waals surface area contributed by atoms with Gasteiger partial charge in [-0.3, -0.25) is 9.59 Å². The van der Waals surface area contributed by atoms with Gasteiger partial charge < -0.3 is 15.2 Å². The van der Waals surface area contributed by atoms with Crippen molar-refractivity contribution >= 4 is 11.9 Å². The second-order valence-corrected chi connectivity index (χ2v) is 4.94. The fraction of sp³-hybridized carbons (Fsp3) is 0.312. The number of nitrogens with one attached hydrogen (secondary N) is 1. The Labute approximate surface area is 133 Å². The quantitative estimate of drug-likeness (QED) is 0.722. The van der Waals surface area contributed by atoms with Crippen LogP contribution in [0.1, 0.15) is 28.9 Å². The van der Waals surface area contributed by atoms with E-state index in [-0.39, 0.29) is 18.9 Å². The first-order valence-electron chi connectivity index (χ1n) is 7.24. The Bertz CT molecular complexity index is 667. The molecule has 122 valence electrons. The lowest BCUT2D eigenvalue weighted by Gasteiger charge is -2.09. The van der Waals surface area contributed by atoms with Crippen LogP contribution in [-0.4, -0.2) is 40.4 Å². The van der Waals surface area contributed by atoms with Crippen LogP contribution in [0.5, 0.6) is 0 Å². The highest BCUT2D eigenvalue weighted by atomic mass is 16.5. The Morgan fingerprint density at radius 2 is 2.04 bits per heavy atom. The highest BCUT2D eigenvalue weighted by Gasteiger charge is 2.18. The van der Waals surface area contributed by atoms with Crippen LogP contribution >= 0.6 is 0 Å². The molecule has 7 heteroatoms. The molecule has 1 heterocycles. The van der Waals surface area contributed by atoms with Crippen molar-refractivity contribution in [1.29, 1.82) is 0 Å². The number of carbonyl (C=O) groups is 2. The first kappa shape index (κ1) is 16.7. The van der Waals surface area contributed by atoms with Crippen molar-refractivity contribution in [3.05, 3.63) is 47.8 Å². The van der Waals surface area contributed by atoms with Crippen molar-refractivity contribution in [2.24, 2.45) is 0 Å². The van der Waals surface area contributed by atoms with E-state index in [0.29, 0.717) is 24.2 Å². The molecule has 0 bridgehead atoms. The SMILES string of the molecule is COCc1c(C(=O)NCCCC(=O)O)cnn1-c1ccccc1. The van der Waals surface area contributed by atoms with E-state index in [9.17, 15) is 9.59 Å². The first-order valence-corrected chi connectivity index (χ1v) is 7.24. The van der Waals surface area contributed by atoms with Crippen molar-refractivity contribution in [2.45, 2.75) is 19.4 Å². The Morgan fingerprint density at radius 3 is 2.70 bits per heavy atom.